The summed E-state index contributed by atoms with van der Waals surface area (Å²) in [5, 5.41) is 9.78. The molecule has 0 unspecified atom stereocenters. The van der Waals surface area contributed by atoms with Crippen LogP contribution in [0.5, 0.6) is 0 Å². The molecule has 0 radical (unpaired) electrons. The summed E-state index contributed by atoms with van der Waals surface area (Å²) in [6, 6.07) is 16.6. The lowest BCUT2D eigenvalue weighted by Gasteiger charge is -2.25. The van der Waals surface area contributed by atoms with Gasteiger partial charge in [0.2, 0.25) is 0 Å². The lowest BCUT2D eigenvalue weighted by molar-refractivity contribution is -0.150. The number of hydrogen-bond donors (Lipinski definition) is 1. The monoisotopic (exact) mass is 398 g/mol. The Hall–Kier alpha value is -3.19. The van der Waals surface area contributed by atoms with Crippen molar-refractivity contribution in [2.24, 2.45) is 11.8 Å². The zero-order valence-corrected chi connectivity index (χ0v) is 15.9. The minimum Gasteiger partial charge on any atom is -0.469 e. The lowest BCUT2D eigenvalue weighted by Crippen LogP contribution is -2.40. The maximum absolute atomic E-state index is 12.6. The van der Waals surface area contributed by atoms with E-state index >= 15 is 0 Å². The fourth-order valence-corrected chi connectivity index (χ4v) is 3.50. The van der Waals surface area contributed by atoms with Gasteiger partial charge in [0.15, 0.2) is 6.10 Å². The highest BCUT2D eigenvalue weighted by molar-refractivity contribution is 5.90. The van der Waals surface area contributed by atoms with Crippen molar-refractivity contribution >= 4 is 17.9 Å². The van der Waals surface area contributed by atoms with Crippen LogP contribution in [0.3, 0.4) is 0 Å². The molecule has 152 valence electrons. The third kappa shape index (κ3) is 4.63. The van der Waals surface area contributed by atoms with Crippen LogP contribution < -0.4 is 0 Å². The van der Waals surface area contributed by atoms with E-state index in [4.69, 9.17) is 14.2 Å². The van der Waals surface area contributed by atoms with Crippen LogP contribution in [0.1, 0.15) is 27.1 Å². The second-order valence-electron chi connectivity index (χ2n) is 6.78. The Morgan fingerprint density at radius 3 is 1.79 bits per heavy atom. The molecule has 0 aromatic heterocycles. The van der Waals surface area contributed by atoms with Crippen molar-refractivity contribution in [3.63, 3.8) is 0 Å². The molecular weight excluding hydrogens is 376 g/mol. The van der Waals surface area contributed by atoms with Gasteiger partial charge < -0.3 is 19.3 Å². The average Bonchev–Trinajstić information content (AvgIpc) is 3.11. The molecular formula is C22H22O7. The molecule has 0 spiro atoms. The van der Waals surface area contributed by atoms with E-state index in [1.165, 1.54) is 7.11 Å². The van der Waals surface area contributed by atoms with Crippen LogP contribution in [0.15, 0.2) is 60.7 Å². The number of rotatable bonds is 6. The zero-order chi connectivity index (χ0) is 20.8. The van der Waals surface area contributed by atoms with Gasteiger partial charge in [0.25, 0.3) is 0 Å². The summed E-state index contributed by atoms with van der Waals surface area (Å²) < 4.78 is 16.0. The highest BCUT2D eigenvalue weighted by Crippen LogP contribution is 2.37. The highest BCUT2D eigenvalue weighted by Gasteiger charge is 2.51. The summed E-state index contributed by atoms with van der Waals surface area (Å²) >= 11 is 0. The van der Waals surface area contributed by atoms with Gasteiger partial charge in [-0.25, -0.2) is 9.59 Å². The Kier molecular flexibility index (Phi) is 6.61. The minimum absolute atomic E-state index is 0.169. The summed E-state index contributed by atoms with van der Waals surface area (Å²) in [4.78, 5) is 37.4. The molecule has 4 atom stereocenters. The van der Waals surface area contributed by atoms with Crippen molar-refractivity contribution in [2.75, 3.05) is 13.7 Å². The third-order valence-electron chi connectivity index (χ3n) is 4.99. The maximum atomic E-state index is 12.6. The third-order valence-corrected chi connectivity index (χ3v) is 4.99. The van der Waals surface area contributed by atoms with E-state index in [0.717, 1.165) is 0 Å². The normalized spacial score (nSPS) is 23.2. The van der Waals surface area contributed by atoms with Gasteiger partial charge in [0.1, 0.15) is 6.10 Å². The number of carbonyl (C=O) groups excluding carboxylic acids is 3. The number of aliphatic hydroxyl groups excluding tert-OH is 1. The fraction of sp³-hybridized carbons (Fsp3) is 0.318. The number of carbonyl (C=O) groups is 3. The topological polar surface area (TPSA) is 99.1 Å². The molecule has 2 aromatic carbocycles. The largest absolute Gasteiger partial charge is 0.469 e. The molecule has 1 aliphatic carbocycles. The van der Waals surface area contributed by atoms with E-state index in [2.05, 4.69) is 0 Å². The van der Waals surface area contributed by atoms with E-state index < -0.39 is 42.0 Å². The van der Waals surface area contributed by atoms with Gasteiger partial charge in [-0.2, -0.15) is 0 Å². The number of ether oxygens (including phenoxy) is 3. The molecule has 0 aliphatic heterocycles. The second kappa shape index (κ2) is 9.34. The van der Waals surface area contributed by atoms with Crippen LogP contribution in [-0.2, 0) is 19.0 Å². The first-order chi connectivity index (χ1) is 14.0. The second-order valence-corrected chi connectivity index (χ2v) is 6.78. The zero-order valence-electron chi connectivity index (χ0n) is 15.9. The van der Waals surface area contributed by atoms with E-state index in [9.17, 15) is 19.5 Å². The molecule has 7 nitrogen and oxygen atoms in total. The van der Waals surface area contributed by atoms with Crippen molar-refractivity contribution in [3.8, 4) is 0 Å². The highest BCUT2D eigenvalue weighted by atomic mass is 16.6. The molecule has 0 bridgehead atoms. The summed E-state index contributed by atoms with van der Waals surface area (Å²) in [6.07, 6.45) is -1.88. The van der Waals surface area contributed by atoms with Crippen LogP contribution in [-0.4, -0.2) is 48.9 Å². The Balaban J connectivity index is 1.86. The molecule has 0 amide bonds. The molecule has 1 saturated carbocycles. The summed E-state index contributed by atoms with van der Waals surface area (Å²) in [7, 11) is 1.23. The van der Waals surface area contributed by atoms with Gasteiger partial charge in [-0.3, -0.25) is 4.79 Å². The number of aliphatic hydroxyl groups is 1. The molecule has 0 heterocycles. The number of hydrogen-bond acceptors (Lipinski definition) is 7. The van der Waals surface area contributed by atoms with Crippen LogP contribution in [0.2, 0.25) is 0 Å². The standard InChI is InChI=1S/C22H22O7/c1-27-22(26)17-12-16(13-23)18(28-20(24)14-8-4-2-5-9-14)19(17)29-21(25)15-10-6-3-7-11-15/h2-11,16-19,23H,12-13H2,1H3/t16-,17-,18-,19+/m1/s1. The molecule has 1 aliphatic rings. The predicted octanol–water partition coefficient (Wildman–Crippen LogP) is 2.24. The van der Waals surface area contributed by atoms with Gasteiger partial charge in [0, 0.05) is 12.5 Å². The maximum Gasteiger partial charge on any atom is 0.338 e. The SMILES string of the molecule is COC(=O)[C@@H]1C[C@H](CO)[C@@H](OC(=O)c2ccccc2)[C@H]1OC(=O)c1ccccc1. The van der Waals surface area contributed by atoms with Gasteiger partial charge in [-0.15, -0.1) is 0 Å². The molecule has 1 N–H and O–H groups in total. The molecule has 2 aromatic rings. The Labute approximate surface area is 168 Å². The minimum atomic E-state index is -1.07. The van der Waals surface area contributed by atoms with E-state index in [1.807, 2.05) is 0 Å². The lowest BCUT2D eigenvalue weighted by atomic mass is 10.1. The van der Waals surface area contributed by atoms with Crippen molar-refractivity contribution in [2.45, 2.75) is 18.6 Å². The van der Waals surface area contributed by atoms with Crippen molar-refractivity contribution in [1.29, 1.82) is 0 Å². The molecule has 29 heavy (non-hydrogen) atoms. The number of benzene rings is 2. The summed E-state index contributed by atoms with van der Waals surface area (Å²) in [6.45, 7) is -0.334. The molecule has 3 rings (SSSR count). The van der Waals surface area contributed by atoms with Crippen LogP contribution in [0, 0.1) is 11.8 Å². The van der Waals surface area contributed by atoms with Gasteiger partial charge in [-0.05, 0) is 30.7 Å². The Bertz CT molecular complexity index is 850. The van der Waals surface area contributed by atoms with Gasteiger partial charge >= 0.3 is 17.9 Å². The molecule has 7 heteroatoms. The van der Waals surface area contributed by atoms with Crippen LogP contribution >= 0.6 is 0 Å². The van der Waals surface area contributed by atoms with Crippen LogP contribution in [0.4, 0.5) is 0 Å². The van der Waals surface area contributed by atoms with E-state index in [1.54, 1.807) is 60.7 Å². The van der Waals surface area contributed by atoms with Crippen molar-refractivity contribution in [1.82, 2.24) is 0 Å². The first-order valence-corrected chi connectivity index (χ1v) is 9.26. The van der Waals surface area contributed by atoms with E-state index in [-0.39, 0.29) is 13.0 Å². The molecule has 1 fully saturated rings. The Morgan fingerprint density at radius 1 is 0.862 bits per heavy atom. The predicted molar refractivity (Wildman–Crippen MR) is 102 cm³/mol. The van der Waals surface area contributed by atoms with E-state index in [0.29, 0.717) is 11.1 Å². The van der Waals surface area contributed by atoms with Crippen LogP contribution in [0.25, 0.3) is 0 Å². The first kappa shape index (κ1) is 20.5. The fourth-order valence-electron chi connectivity index (χ4n) is 3.50. The van der Waals surface area contributed by atoms with Crippen molar-refractivity contribution < 1.29 is 33.7 Å². The smallest absolute Gasteiger partial charge is 0.338 e. The Morgan fingerprint density at radius 2 is 1.34 bits per heavy atom. The quantitative estimate of drug-likeness (QED) is 0.588. The summed E-state index contributed by atoms with van der Waals surface area (Å²) in [5.74, 6) is -3.28. The van der Waals surface area contributed by atoms with Crippen molar-refractivity contribution in [3.05, 3.63) is 71.8 Å². The number of esters is 3. The van der Waals surface area contributed by atoms with Gasteiger partial charge in [-0.1, -0.05) is 36.4 Å². The summed E-state index contributed by atoms with van der Waals surface area (Å²) in [5.41, 5.74) is 0.621. The van der Waals surface area contributed by atoms with Gasteiger partial charge in [0.05, 0.1) is 24.2 Å². The molecule has 0 saturated heterocycles. The number of methoxy groups -OCH3 is 1. The average molecular weight is 398 g/mol. The first-order valence-electron chi connectivity index (χ1n) is 9.26.